The average molecular weight is 349 g/mol. The number of benzene rings is 1. The molecule has 0 saturated carbocycles. The number of nitrogens with zero attached hydrogens (tertiary/aromatic N) is 5. The van der Waals surface area contributed by atoms with Gasteiger partial charge in [0, 0.05) is 24.2 Å². The minimum absolute atomic E-state index is 0.0208. The van der Waals surface area contributed by atoms with Crippen molar-refractivity contribution >= 4 is 11.7 Å². The van der Waals surface area contributed by atoms with E-state index < -0.39 is 0 Å². The summed E-state index contributed by atoms with van der Waals surface area (Å²) in [5.74, 6) is 0.825. The Labute approximate surface area is 153 Å². The van der Waals surface area contributed by atoms with Gasteiger partial charge in [0.15, 0.2) is 0 Å². The summed E-state index contributed by atoms with van der Waals surface area (Å²) < 4.78 is 3.67. The molecular formula is C20H23N5O. The van der Waals surface area contributed by atoms with E-state index in [1.54, 1.807) is 15.8 Å². The van der Waals surface area contributed by atoms with Gasteiger partial charge in [0.2, 0.25) is 0 Å². The summed E-state index contributed by atoms with van der Waals surface area (Å²) in [6.45, 7) is 9.67. The molecule has 6 heteroatoms. The first kappa shape index (κ1) is 16.6. The van der Waals surface area contributed by atoms with Crippen molar-refractivity contribution in [3.63, 3.8) is 0 Å². The second kappa shape index (κ2) is 5.83. The zero-order valence-electron chi connectivity index (χ0n) is 15.6. The molecule has 0 N–H and O–H groups in total. The van der Waals surface area contributed by atoms with Gasteiger partial charge in [-0.15, -0.1) is 0 Å². The summed E-state index contributed by atoms with van der Waals surface area (Å²) in [6.07, 6.45) is 3.59. The Kier molecular flexibility index (Phi) is 3.72. The minimum atomic E-state index is -0.235. The van der Waals surface area contributed by atoms with Crippen molar-refractivity contribution in [2.75, 3.05) is 11.4 Å². The van der Waals surface area contributed by atoms with E-state index in [1.165, 1.54) is 5.56 Å². The molecule has 26 heavy (non-hydrogen) atoms. The molecule has 0 spiro atoms. The van der Waals surface area contributed by atoms with E-state index in [4.69, 9.17) is 5.10 Å². The summed E-state index contributed by atoms with van der Waals surface area (Å²) in [5.41, 5.74) is 3.36. The third-order valence-electron chi connectivity index (χ3n) is 4.70. The smallest absolute Gasteiger partial charge is 0.263 e. The lowest BCUT2D eigenvalue weighted by Gasteiger charge is -2.20. The number of aryl methyl sites for hydroxylation is 1. The summed E-state index contributed by atoms with van der Waals surface area (Å²) in [5, 5.41) is 9.02. The lowest BCUT2D eigenvalue weighted by molar-refractivity contribution is 0.0987. The van der Waals surface area contributed by atoms with Crippen LogP contribution in [0.25, 0.3) is 5.69 Å². The molecule has 1 aliphatic heterocycles. The fourth-order valence-electron chi connectivity index (χ4n) is 3.30. The van der Waals surface area contributed by atoms with Crippen molar-refractivity contribution in [2.24, 2.45) is 0 Å². The predicted molar refractivity (Wildman–Crippen MR) is 101 cm³/mol. The van der Waals surface area contributed by atoms with Gasteiger partial charge in [-0.2, -0.15) is 10.2 Å². The molecule has 134 valence electrons. The summed E-state index contributed by atoms with van der Waals surface area (Å²) in [4.78, 5) is 15.1. The maximum Gasteiger partial charge on any atom is 0.263 e. The summed E-state index contributed by atoms with van der Waals surface area (Å²) in [6, 6.07) is 10.0. The van der Waals surface area contributed by atoms with E-state index in [-0.39, 0.29) is 11.3 Å². The average Bonchev–Trinajstić information content (AvgIpc) is 3.29. The van der Waals surface area contributed by atoms with Crippen LogP contribution >= 0.6 is 0 Å². The molecule has 0 saturated heterocycles. The SMILES string of the molecule is Cc1ccc(-n2cc(C(=O)N3CCn4nccc43)c(C(C)(C)C)n2)cc1. The Morgan fingerprint density at radius 3 is 2.50 bits per heavy atom. The number of amides is 1. The highest BCUT2D eigenvalue weighted by molar-refractivity contribution is 6.06. The van der Waals surface area contributed by atoms with Gasteiger partial charge < -0.3 is 0 Å². The third-order valence-corrected chi connectivity index (χ3v) is 4.70. The predicted octanol–water partition coefficient (Wildman–Crippen LogP) is 3.34. The zero-order valence-corrected chi connectivity index (χ0v) is 15.6. The molecule has 0 unspecified atom stereocenters. The van der Waals surface area contributed by atoms with E-state index in [2.05, 4.69) is 32.8 Å². The third kappa shape index (κ3) is 2.71. The lowest BCUT2D eigenvalue weighted by Crippen LogP contribution is -2.30. The molecule has 3 heterocycles. The molecule has 0 atom stereocenters. The van der Waals surface area contributed by atoms with Gasteiger partial charge in [-0.3, -0.25) is 9.69 Å². The van der Waals surface area contributed by atoms with Crippen LogP contribution in [0.3, 0.4) is 0 Å². The first-order valence-corrected chi connectivity index (χ1v) is 8.85. The monoisotopic (exact) mass is 349 g/mol. The number of hydrogen-bond donors (Lipinski definition) is 0. The fourth-order valence-corrected chi connectivity index (χ4v) is 3.30. The maximum atomic E-state index is 13.3. The quantitative estimate of drug-likeness (QED) is 0.713. The lowest BCUT2D eigenvalue weighted by atomic mass is 9.89. The second-order valence-corrected chi connectivity index (χ2v) is 7.79. The summed E-state index contributed by atoms with van der Waals surface area (Å²) in [7, 11) is 0. The van der Waals surface area contributed by atoms with Gasteiger partial charge in [-0.05, 0) is 19.1 Å². The molecule has 4 rings (SSSR count). The molecule has 2 aromatic heterocycles. The number of hydrogen-bond acceptors (Lipinski definition) is 3. The van der Waals surface area contributed by atoms with Crippen molar-refractivity contribution < 1.29 is 4.79 Å². The molecule has 0 bridgehead atoms. The molecule has 1 amide bonds. The fraction of sp³-hybridized carbons (Fsp3) is 0.350. The highest BCUT2D eigenvalue weighted by Crippen LogP contribution is 2.29. The highest BCUT2D eigenvalue weighted by Gasteiger charge is 2.32. The van der Waals surface area contributed by atoms with Crippen molar-refractivity contribution in [3.8, 4) is 5.69 Å². The van der Waals surface area contributed by atoms with E-state index in [1.807, 2.05) is 41.2 Å². The van der Waals surface area contributed by atoms with E-state index in [0.717, 1.165) is 23.7 Å². The van der Waals surface area contributed by atoms with Gasteiger partial charge in [0.1, 0.15) is 5.82 Å². The van der Waals surface area contributed by atoms with Crippen LogP contribution in [0.15, 0.2) is 42.7 Å². The molecule has 1 aliphatic rings. The Hall–Kier alpha value is -2.89. The molecule has 0 aliphatic carbocycles. The van der Waals surface area contributed by atoms with Crippen molar-refractivity contribution in [1.82, 2.24) is 19.6 Å². The number of anilines is 1. The van der Waals surface area contributed by atoms with Crippen molar-refractivity contribution in [1.29, 1.82) is 0 Å². The molecule has 1 aromatic carbocycles. The van der Waals surface area contributed by atoms with Crippen LogP contribution in [-0.4, -0.2) is 32.0 Å². The van der Waals surface area contributed by atoms with Crippen molar-refractivity contribution in [3.05, 3.63) is 59.5 Å². The van der Waals surface area contributed by atoms with Crippen LogP contribution < -0.4 is 4.90 Å². The van der Waals surface area contributed by atoms with Crippen LogP contribution in [0.2, 0.25) is 0 Å². The molecular weight excluding hydrogens is 326 g/mol. The molecule has 0 fully saturated rings. The zero-order chi connectivity index (χ0) is 18.5. The molecule has 0 radical (unpaired) electrons. The Bertz CT molecular complexity index is 959. The standard InChI is InChI=1S/C20H23N5O/c1-14-5-7-15(8-6-14)25-13-16(18(22-25)20(2,3)4)19(26)23-11-12-24-17(23)9-10-21-24/h5-10,13H,11-12H2,1-4H3. The van der Waals surface area contributed by atoms with E-state index in [9.17, 15) is 4.79 Å². The normalized spacial score (nSPS) is 13.9. The van der Waals surface area contributed by atoms with Crippen molar-refractivity contribution in [2.45, 2.75) is 39.7 Å². The number of carbonyl (C=O) groups excluding carboxylic acids is 1. The van der Waals surface area contributed by atoms with Crippen LogP contribution in [0.5, 0.6) is 0 Å². The summed E-state index contributed by atoms with van der Waals surface area (Å²) >= 11 is 0. The minimum Gasteiger partial charge on any atom is -0.291 e. The van der Waals surface area contributed by atoms with Gasteiger partial charge >= 0.3 is 0 Å². The largest absolute Gasteiger partial charge is 0.291 e. The van der Waals surface area contributed by atoms with E-state index >= 15 is 0 Å². The maximum absolute atomic E-state index is 13.3. The van der Waals surface area contributed by atoms with Crippen LogP contribution in [-0.2, 0) is 12.0 Å². The van der Waals surface area contributed by atoms with Crippen LogP contribution in [0.4, 0.5) is 5.82 Å². The van der Waals surface area contributed by atoms with Gasteiger partial charge in [-0.1, -0.05) is 38.5 Å². The Balaban J connectivity index is 1.77. The first-order chi connectivity index (χ1) is 12.3. The number of rotatable bonds is 2. The Morgan fingerprint density at radius 2 is 1.81 bits per heavy atom. The number of carbonyl (C=O) groups is 1. The van der Waals surface area contributed by atoms with Crippen LogP contribution in [0, 0.1) is 6.92 Å². The van der Waals surface area contributed by atoms with Gasteiger partial charge in [-0.25, -0.2) is 9.36 Å². The topological polar surface area (TPSA) is 56.0 Å². The first-order valence-electron chi connectivity index (χ1n) is 8.85. The second-order valence-electron chi connectivity index (χ2n) is 7.79. The highest BCUT2D eigenvalue weighted by atomic mass is 16.2. The van der Waals surface area contributed by atoms with Gasteiger partial charge in [0.05, 0.1) is 29.7 Å². The Morgan fingerprint density at radius 1 is 1.08 bits per heavy atom. The number of fused-ring (bicyclic) bond motifs is 1. The molecule has 6 nitrogen and oxygen atoms in total. The van der Waals surface area contributed by atoms with Crippen LogP contribution in [0.1, 0.15) is 42.4 Å². The number of aromatic nitrogens is 4. The molecule has 3 aromatic rings. The van der Waals surface area contributed by atoms with Gasteiger partial charge in [0.25, 0.3) is 5.91 Å². The van der Waals surface area contributed by atoms with E-state index in [0.29, 0.717) is 12.1 Å².